The predicted molar refractivity (Wildman–Crippen MR) is 152 cm³/mol. The third-order valence-corrected chi connectivity index (χ3v) is 7.08. The van der Waals surface area contributed by atoms with E-state index in [2.05, 4.69) is 43.9 Å². The molecule has 0 atom stereocenters. The van der Waals surface area contributed by atoms with Crippen molar-refractivity contribution in [1.29, 1.82) is 0 Å². The zero-order chi connectivity index (χ0) is 29.9. The van der Waals surface area contributed by atoms with E-state index in [1.807, 2.05) is 44.3 Å². The standard InChI is InChI=1S/C28H27N9O5/c1-14(2)18-11-19(21(38)12-22(18)42-26(39)23-25-31-33-34(5)28(41)36(25)13-29-23)24-30-32-27(40)37(24)17-6-7-20-16(10-17)8-9-35(20)15(3)4/h6-15,38H,1-5H3,(H,32,40). The van der Waals surface area contributed by atoms with Crippen LogP contribution in [0.15, 0.2) is 58.5 Å². The molecule has 6 rings (SSSR count). The average Bonchev–Trinajstić information content (AvgIpc) is 3.67. The van der Waals surface area contributed by atoms with Crippen molar-refractivity contribution < 1.29 is 14.6 Å². The highest BCUT2D eigenvalue weighted by Gasteiger charge is 2.25. The molecule has 14 heteroatoms. The van der Waals surface area contributed by atoms with Gasteiger partial charge in [-0.15, -0.1) is 5.10 Å². The van der Waals surface area contributed by atoms with Gasteiger partial charge in [0.05, 0.1) is 11.3 Å². The lowest BCUT2D eigenvalue weighted by atomic mass is 9.98. The Balaban J connectivity index is 1.41. The number of carbonyl (C=O) groups excluding carboxylic acids is 1. The first-order chi connectivity index (χ1) is 20.0. The lowest BCUT2D eigenvalue weighted by Crippen LogP contribution is -2.27. The minimum Gasteiger partial charge on any atom is -0.507 e. The summed E-state index contributed by atoms with van der Waals surface area (Å²) < 4.78 is 11.2. The molecule has 0 aliphatic heterocycles. The van der Waals surface area contributed by atoms with Gasteiger partial charge in [-0.1, -0.05) is 19.1 Å². The average molecular weight is 570 g/mol. The van der Waals surface area contributed by atoms with Crippen molar-refractivity contribution in [2.45, 2.75) is 39.7 Å². The Morgan fingerprint density at radius 2 is 1.86 bits per heavy atom. The van der Waals surface area contributed by atoms with Crippen molar-refractivity contribution >= 4 is 22.5 Å². The van der Waals surface area contributed by atoms with Crippen LogP contribution in [-0.2, 0) is 7.05 Å². The van der Waals surface area contributed by atoms with Crippen LogP contribution in [0.1, 0.15) is 55.7 Å². The number of H-pyrrole nitrogens is 1. The molecule has 6 aromatic rings. The molecule has 4 aromatic heterocycles. The summed E-state index contributed by atoms with van der Waals surface area (Å²) in [5, 5.41) is 26.3. The van der Waals surface area contributed by atoms with Crippen LogP contribution in [0.5, 0.6) is 11.5 Å². The van der Waals surface area contributed by atoms with Gasteiger partial charge in [0.1, 0.15) is 17.8 Å². The van der Waals surface area contributed by atoms with E-state index in [-0.39, 0.29) is 46.2 Å². The van der Waals surface area contributed by atoms with Crippen LogP contribution in [0.4, 0.5) is 0 Å². The summed E-state index contributed by atoms with van der Waals surface area (Å²) in [5.41, 5.74) is 1.15. The fourth-order valence-electron chi connectivity index (χ4n) is 4.94. The van der Waals surface area contributed by atoms with Gasteiger partial charge < -0.3 is 14.4 Å². The van der Waals surface area contributed by atoms with Crippen LogP contribution in [0, 0.1) is 0 Å². The normalized spacial score (nSPS) is 11.8. The summed E-state index contributed by atoms with van der Waals surface area (Å²) in [5.74, 6) is -1.05. The molecule has 4 heterocycles. The first-order valence-corrected chi connectivity index (χ1v) is 13.2. The number of aromatic hydroxyl groups is 1. The van der Waals surface area contributed by atoms with E-state index in [4.69, 9.17) is 4.74 Å². The van der Waals surface area contributed by atoms with Crippen LogP contribution >= 0.6 is 0 Å². The van der Waals surface area contributed by atoms with Crippen molar-refractivity contribution in [3.05, 3.63) is 81.1 Å². The molecule has 0 fully saturated rings. The van der Waals surface area contributed by atoms with Crippen LogP contribution < -0.4 is 16.1 Å². The second kappa shape index (κ2) is 9.83. The molecule has 0 unspecified atom stereocenters. The molecule has 2 N–H and O–H groups in total. The molecular formula is C28H27N9O5. The Morgan fingerprint density at radius 3 is 2.60 bits per heavy atom. The number of ether oxygens (including phenoxy) is 1. The number of benzene rings is 2. The number of hydrogen-bond acceptors (Lipinski definition) is 9. The number of imidazole rings is 1. The van der Waals surface area contributed by atoms with E-state index in [1.54, 1.807) is 6.07 Å². The molecule has 0 aliphatic rings. The lowest BCUT2D eigenvalue weighted by Gasteiger charge is -2.16. The van der Waals surface area contributed by atoms with E-state index in [0.29, 0.717) is 11.3 Å². The number of phenolic OH excluding ortho intramolecular Hbond substituents is 1. The maximum absolute atomic E-state index is 13.1. The Kier molecular flexibility index (Phi) is 6.25. The van der Waals surface area contributed by atoms with E-state index < -0.39 is 17.3 Å². The summed E-state index contributed by atoms with van der Waals surface area (Å²) in [6.45, 7) is 7.96. The van der Waals surface area contributed by atoms with Crippen LogP contribution in [0.3, 0.4) is 0 Å². The molecule has 0 saturated carbocycles. The fourth-order valence-corrected chi connectivity index (χ4v) is 4.94. The van der Waals surface area contributed by atoms with Crippen molar-refractivity contribution in [1.82, 2.24) is 43.7 Å². The summed E-state index contributed by atoms with van der Waals surface area (Å²) in [4.78, 5) is 42.3. The largest absolute Gasteiger partial charge is 0.507 e. The number of rotatable bonds is 6. The Labute approximate surface area is 237 Å². The zero-order valence-corrected chi connectivity index (χ0v) is 23.4. The number of nitrogens with zero attached hydrogens (tertiary/aromatic N) is 8. The number of nitrogens with one attached hydrogen (secondary N) is 1. The predicted octanol–water partition coefficient (Wildman–Crippen LogP) is 2.95. The summed E-state index contributed by atoms with van der Waals surface area (Å²) in [6.07, 6.45) is 3.16. The third kappa shape index (κ3) is 4.24. The van der Waals surface area contributed by atoms with Crippen molar-refractivity contribution in [2.75, 3.05) is 0 Å². The van der Waals surface area contributed by atoms with E-state index >= 15 is 0 Å². The molecule has 0 aliphatic carbocycles. The summed E-state index contributed by atoms with van der Waals surface area (Å²) in [7, 11) is 1.42. The number of fused-ring (bicyclic) bond motifs is 2. The van der Waals surface area contributed by atoms with Gasteiger partial charge in [-0.3, -0.25) is 0 Å². The monoisotopic (exact) mass is 569 g/mol. The number of hydrogen-bond donors (Lipinski definition) is 2. The minimum atomic E-state index is -0.882. The van der Waals surface area contributed by atoms with Gasteiger partial charge in [-0.05, 0) is 55.7 Å². The number of carbonyl (C=O) groups is 1. The number of aryl methyl sites for hydroxylation is 1. The number of phenols is 1. The molecule has 0 spiro atoms. The highest BCUT2D eigenvalue weighted by atomic mass is 16.5. The highest BCUT2D eigenvalue weighted by molar-refractivity contribution is 5.95. The first-order valence-electron chi connectivity index (χ1n) is 13.2. The smallest absolute Gasteiger partial charge is 0.366 e. The van der Waals surface area contributed by atoms with Gasteiger partial charge in [0.25, 0.3) is 0 Å². The zero-order valence-electron chi connectivity index (χ0n) is 23.4. The van der Waals surface area contributed by atoms with E-state index in [9.17, 15) is 19.5 Å². The Morgan fingerprint density at radius 1 is 1.07 bits per heavy atom. The van der Waals surface area contributed by atoms with Gasteiger partial charge in [-0.2, -0.15) is 9.78 Å². The number of esters is 1. The molecule has 0 radical (unpaired) electrons. The van der Waals surface area contributed by atoms with Crippen molar-refractivity contribution in [3.63, 3.8) is 0 Å². The van der Waals surface area contributed by atoms with Crippen LogP contribution in [0.25, 0.3) is 33.6 Å². The van der Waals surface area contributed by atoms with E-state index in [0.717, 1.165) is 20.0 Å². The third-order valence-electron chi connectivity index (χ3n) is 7.08. The lowest BCUT2D eigenvalue weighted by molar-refractivity contribution is 0.0729. The molecule has 42 heavy (non-hydrogen) atoms. The van der Waals surface area contributed by atoms with Crippen molar-refractivity contribution in [3.8, 4) is 28.6 Å². The first kappa shape index (κ1) is 26.7. The molecule has 214 valence electrons. The van der Waals surface area contributed by atoms with Crippen LogP contribution in [-0.4, -0.2) is 54.8 Å². The van der Waals surface area contributed by atoms with Gasteiger partial charge in [-0.25, -0.2) is 33.4 Å². The Hall–Kier alpha value is -5.53. The second-order valence-electron chi connectivity index (χ2n) is 10.5. The number of aromatic amines is 1. The van der Waals surface area contributed by atoms with Gasteiger partial charge in [0.15, 0.2) is 17.2 Å². The minimum absolute atomic E-state index is 0.0590. The van der Waals surface area contributed by atoms with Crippen LogP contribution in [0.2, 0.25) is 0 Å². The molecule has 2 aromatic carbocycles. The topological polar surface area (TPSA) is 167 Å². The molecular weight excluding hydrogens is 542 g/mol. The summed E-state index contributed by atoms with van der Waals surface area (Å²) >= 11 is 0. The SMILES string of the molecule is CC(C)c1cc(-c2n[nH]c(=O)n2-c2ccc3c(ccn3C(C)C)c2)c(O)cc1OC(=O)c1ncn2c(=O)n(C)nnc12. The maximum atomic E-state index is 13.1. The maximum Gasteiger partial charge on any atom is 0.366 e. The fraction of sp³-hybridized carbons (Fsp3) is 0.250. The van der Waals surface area contributed by atoms with Gasteiger partial charge in [0, 0.05) is 36.3 Å². The number of aromatic nitrogens is 9. The summed E-state index contributed by atoms with van der Waals surface area (Å²) in [6, 6.07) is 10.8. The van der Waals surface area contributed by atoms with E-state index in [1.165, 1.54) is 24.0 Å². The molecule has 0 amide bonds. The van der Waals surface area contributed by atoms with Gasteiger partial charge >= 0.3 is 17.3 Å². The van der Waals surface area contributed by atoms with Gasteiger partial charge in [0.2, 0.25) is 0 Å². The molecule has 0 saturated heterocycles. The van der Waals surface area contributed by atoms with Crippen molar-refractivity contribution in [2.24, 2.45) is 7.05 Å². The Bertz CT molecular complexity index is 2130. The molecule has 14 nitrogen and oxygen atoms in total. The quantitative estimate of drug-likeness (QED) is 0.226. The highest BCUT2D eigenvalue weighted by Crippen LogP contribution is 2.38. The molecule has 0 bridgehead atoms. The second-order valence-corrected chi connectivity index (χ2v) is 10.5.